The summed E-state index contributed by atoms with van der Waals surface area (Å²) in [6.07, 6.45) is 0.834. The second-order valence-corrected chi connectivity index (χ2v) is 5.66. The van der Waals surface area contributed by atoms with Crippen LogP contribution >= 0.6 is 0 Å². The second kappa shape index (κ2) is 8.99. The normalized spacial score (nSPS) is 11.6. The minimum Gasteiger partial charge on any atom is -0.490 e. The molecule has 0 aliphatic heterocycles. The molecule has 0 atom stereocenters. The Morgan fingerprint density at radius 3 is 2.26 bits per heavy atom. The molecule has 23 heavy (non-hydrogen) atoms. The van der Waals surface area contributed by atoms with Crippen molar-refractivity contribution in [3.63, 3.8) is 0 Å². The van der Waals surface area contributed by atoms with Crippen molar-refractivity contribution in [3.8, 4) is 5.75 Å². The van der Waals surface area contributed by atoms with Gasteiger partial charge in [-0.1, -0.05) is 68.4 Å². The van der Waals surface area contributed by atoms with E-state index >= 15 is 0 Å². The lowest BCUT2D eigenvalue weighted by Gasteiger charge is -2.09. The largest absolute Gasteiger partial charge is 0.490 e. The van der Waals surface area contributed by atoms with Gasteiger partial charge in [-0.05, 0) is 35.6 Å². The fourth-order valence-corrected chi connectivity index (χ4v) is 2.22. The molecule has 2 aromatic rings. The standard InChI is InChI=1S/C20H25NO2/c1-4-20(18-12-10-17(11-13-18)16(2)3)21-23-15-14-22-19-8-6-5-7-9-19/h5-13,16H,4,14-15H2,1-3H3. The number of oxime groups is 1. The molecule has 2 rings (SSSR count). The zero-order chi connectivity index (χ0) is 16.5. The van der Waals surface area contributed by atoms with Gasteiger partial charge in [0.05, 0.1) is 5.71 Å². The fraction of sp³-hybridized carbons (Fsp3) is 0.350. The molecular weight excluding hydrogens is 286 g/mol. The van der Waals surface area contributed by atoms with Crippen LogP contribution in [-0.4, -0.2) is 18.9 Å². The first-order chi connectivity index (χ1) is 11.2. The highest BCUT2D eigenvalue weighted by atomic mass is 16.6. The highest BCUT2D eigenvalue weighted by Crippen LogP contribution is 2.16. The van der Waals surface area contributed by atoms with Gasteiger partial charge in [0, 0.05) is 0 Å². The van der Waals surface area contributed by atoms with Gasteiger partial charge in [-0.3, -0.25) is 0 Å². The van der Waals surface area contributed by atoms with E-state index in [-0.39, 0.29) is 0 Å². The van der Waals surface area contributed by atoms with Crippen LogP contribution in [0.2, 0.25) is 0 Å². The van der Waals surface area contributed by atoms with E-state index in [0.29, 0.717) is 19.1 Å². The van der Waals surface area contributed by atoms with Gasteiger partial charge in [0.1, 0.15) is 12.4 Å². The molecule has 0 unspecified atom stereocenters. The average molecular weight is 311 g/mol. The molecule has 0 aromatic heterocycles. The third-order valence-electron chi connectivity index (χ3n) is 3.61. The molecule has 3 heteroatoms. The minimum absolute atomic E-state index is 0.433. The van der Waals surface area contributed by atoms with Gasteiger partial charge in [-0.25, -0.2) is 0 Å². The van der Waals surface area contributed by atoms with Gasteiger partial charge in [0.15, 0.2) is 6.61 Å². The number of ether oxygens (including phenoxy) is 1. The van der Waals surface area contributed by atoms with Crippen LogP contribution < -0.4 is 4.74 Å². The van der Waals surface area contributed by atoms with Crippen molar-refractivity contribution < 1.29 is 9.57 Å². The van der Waals surface area contributed by atoms with E-state index in [1.54, 1.807) is 0 Å². The lowest BCUT2D eigenvalue weighted by Crippen LogP contribution is -2.06. The van der Waals surface area contributed by atoms with E-state index in [4.69, 9.17) is 9.57 Å². The Labute approximate surface area is 138 Å². The topological polar surface area (TPSA) is 30.8 Å². The predicted octanol–water partition coefficient (Wildman–Crippen LogP) is 5.02. The van der Waals surface area contributed by atoms with Gasteiger partial charge in [-0.2, -0.15) is 0 Å². The first kappa shape index (κ1) is 17.1. The zero-order valence-electron chi connectivity index (χ0n) is 14.2. The van der Waals surface area contributed by atoms with E-state index < -0.39 is 0 Å². The number of nitrogens with zero attached hydrogens (tertiary/aromatic N) is 1. The van der Waals surface area contributed by atoms with Crippen LogP contribution in [0.3, 0.4) is 0 Å². The SMILES string of the molecule is CCC(=NOCCOc1ccccc1)c1ccc(C(C)C)cc1. The highest BCUT2D eigenvalue weighted by molar-refractivity contribution is 6.00. The molecule has 0 aliphatic rings. The molecule has 0 saturated heterocycles. The molecule has 0 radical (unpaired) electrons. The summed E-state index contributed by atoms with van der Waals surface area (Å²) >= 11 is 0. The lowest BCUT2D eigenvalue weighted by molar-refractivity contribution is 0.107. The first-order valence-corrected chi connectivity index (χ1v) is 8.17. The van der Waals surface area contributed by atoms with Crippen LogP contribution in [0.15, 0.2) is 59.8 Å². The summed E-state index contributed by atoms with van der Waals surface area (Å²) in [7, 11) is 0. The quantitative estimate of drug-likeness (QED) is 0.389. The zero-order valence-corrected chi connectivity index (χ0v) is 14.2. The van der Waals surface area contributed by atoms with Crippen molar-refractivity contribution in [2.24, 2.45) is 5.16 Å². The van der Waals surface area contributed by atoms with Crippen LogP contribution in [0.1, 0.15) is 44.2 Å². The van der Waals surface area contributed by atoms with Crippen LogP contribution in [-0.2, 0) is 4.84 Å². The molecular formula is C20H25NO2. The molecule has 3 nitrogen and oxygen atoms in total. The third kappa shape index (κ3) is 5.44. The fourth-order valence-electron chi connectivity index (χ4n) is 2.22. The molecule has 0 saturated carbocycles. The first-order valence-electron chi connectivity index (χ1n) is 8.17. The van der Waals surface area contributed by atoms with Gasteiger partial charge in [0.2, 0.25) is 0 Å². The molecule has 2 aromatic carbocycles. The number of para-hydroxylation sites is 1. The minimum atomic E-state index is 0.433. The molecule has 0 fully saturated rings. The van der Waals surface area contributed by atoms with Crippen molar-refractivity contribution in [2.45, 2.75) is 33.1 Å². The molecule has 0 N–H and O–H groups in total. The van der Waals surface area contributed by atoms with Crippen molar-refractivity contribution in [1.82, 2.24) is 0 Å². The number of benzene rings is 2. The van der Waals surface area contributed by atoms with Crippen LogP contribution in [0.4, 0.5) is 0 Å². The predicted molar refractivity (Wildman–Crippen MR) is 95.2 cm³/mol. The summed E-state index contributed by atoms with van der Waals surface area (Å²) in [4.78, 5) is 5.40. The maximum Gasteiger partial charge on any atom is 0.151 e. The summed E-state index contributed by atoms with van der Waals surface area (Å²) in [5.74, 6) is 1.39. The molecule has 0 aliphatic carbocycles. The summed E-state index contributed by atoms with van der Waals surface area (Å²) in [5, 5.41) is 4.25. The van der Waals surface area contributed by atoms with E-state index in [9.17, 15) is 0 Å². The van der Waals surface area contributed by atoms with Gasteiger partial charge < -0.3 is 9.57 Å². The monoisotopic (exact) mass is 311 g/mol. The Morgan fingerprint density at radius 2 is 1.65 bits per heavy atom. The van der Waals surface area contributed by atoms with E-state index in [2.05, 4.69) is 50.2 Å². The smallest absolute Gasteiger partial charge is 0.151 e. The van der Waals surface area contributed by atoms with E-state index in [1.165, 1.54) is 5.56 Å². The van der Waals surface area contributed by atoms with Gasteiger partial charge in [0.25, 0.3) is 0 Å². The Morgan fingerprint density at radius 1 is 0.957 bits per heavy atom. The van der Waals surface area contributed by atoms with Crippen molar-refractivity contribution in [3.05, 3.63) is 65.7 Å². The summed E-state index contributed by atoms with van der Waals surface area (Å²) in [6.45, 7) is 7.39. The molecule has 0 heterocycles. The Bertz CT molecular complexity index is 603. The summed E-state index contributed by atoms with van der Waals surface area (Å²) in [6, 6.07) is 18.3. The number of hydrogen-bond donors (Lipinski definition) is 0. The van der Waals surface area contributed by atoms with Crippen molar-refractivity contribution in [2.75, 3.05) is 13.2 Å². The van der Waals surface area contributed by atoms with Gasteiger partial charge in [-0.15, -0.1) is 0 Å². The maximum absolute atomic E-state index is 5.57. The van der Waals surface area contributed by atoms with Crippen molar-refractivity contribution in [1.29, 1.82) is 0 Å². The number of hydrogen-bond acceptors (Lipinski definition) is 3. The molecule has 0 amide bonds. The molecule has 0 spiro atoms. The van der Waals surface area contributed by atoms with E-state index in [1.807, 2.05) is 30.3 Å². The van der Waals surface area contributed by atoms with Crippen LogP contribution in [0.25, 0.3) is 0 Å². The Hall–Kier alpha value is -2.29. The van der Waals surface area contributed by atoms with Gasteiger partial charge >= 0.3 is 0 Å². The Kier molecular flexibility index (Phi) is 6.67. The third-order valence-corrected chi connectivity index (χ3v) is 3.61. The summed E-state index contributed by atoms with van der Waals surface area (Å²) in [5.41, 5.74) is 3.40. The highest BCUT2D eigenvalue weighted by Gasteiger charge is 2.04. The molecule has 122 valence electrons. The van der Waals surface area contributed by atoms with Crippen LogP contribution in [0.5, 0.6) is 5.75 Å². The second-order valence-electron chi connectivity index (χ2n) is 5.66. The van der Waals surface area contributed by atoms with E-state index in [0.717, 1.165) is 23.4 Å². The Balaban J connectivity index is 1.84. The number of rotatable bonds is 8. The maximum atomic E-state index is 5.57. The average Bonchev–Trinajstić information content (AvgIpc) is 2.59. The lowest BCUT2D eigenvalue weighted by atomic mass is 10.00. The van der Waals surface area contributed by atoms with Crippen molar-refractivity contribution >= 4 is 5.71 Å². The molecule has 0 bridgehead atoms. The summed E-state index contributed by atoms with van der Waals surface area (Å²) < 4.78 is 5.57. The van der Waals surface area contributed by atoms with Crippen LogP contribution in [0, 0.1) is 0 Å².